The Hall–Kier alpha value is -1.42. The second-order valence-corrected chi connectivity index (χ2v) is 4.03. The van der Waals surface area contributed by atoms with Crippen LogP contribution in [0.25, 0.3) is 0 Å². The second-order valence-electron chi connectivity index (χ2n) is 3.65. The van der Waals surface area contributed by atoms with E-state index in [1.165, 1.54) is 6.92 Å². The van der Waals surface area contributed by atoms with Gasteiger partial charge in [-0.1, -0.05) is 6.07 Å². The zero-order chi connectivity index (χ0) is 12.3. The Kier molecular flexibility index (Phi) is 3.74. The Morgan fingerprint density at radius 2 is 2.41 bits per heavy atom. The van der Waals surface area contributed by atoms with Gasteiger partial charge in [-0.2, -0.15) is 0 Å². The van der Waals surface area contributed by atoms with Crippen LogP contribution in [0.5, 0.6) is 17.2 Å². The molecule has 1 heterocycles. The van der Waals surface area contributed by atoms with Crippen LogP contribution < -0.4 is 14.2 Å². The molecule has 0 spiro atoms. The van der Waals surface area contributed by atoms with Crippen LogP contribution in [-0.4, -0.2) is 31.0 Å². The molecule has 0 aliphatic carbocycles. The van der Waals surface area contributed by atoms with Crippen molar-refractivity contribution in [3.63, 3.8) is 0 Å². The molecule has 0 N–H and O–H groups in total. The van der Waals surface area contributed by atoms with Gasteiger partial charge in [0.1, 0.15) is 13.2 Å². The van der Waals surface area contributed by atoms with Crippen LogP contribution in [0.15, 0.2) is 18.2 Å². The lowest BCUT2D eigenvalue weighted by atomic mass is 10.2. The minimum atomic E-state index is -0.536. The molecule has 4 nitrogen and oxygen atoms in total. The van der Waals surface area contributed by atoms with Gasteiger partial charge in [-0.05, 0) is 19.1 Å². The number of alkyl halides is 1. The zero-order valence-corrected chi connectivity index (χ0v) is 10.2. The summed E-state index contributed by atoms with van der Waals surface area (Å²) in [6.07, 6.45) is -0.536. The van der Waals surface area contributed by atoms with E-state index in [1.807, 2.05) is 0 Å². The minimum absolute atomic E-state index is 0.0530. The number of benzene rings is 1. The molecule has 92 valence electrons. The fourth-order valence-electron chi connectivity index (χ4n) is 1.54. The molecule has 1 aliphatic heterocycles. The maximum absolute atomic E-state index is 11.2. The van der Waals surface area contributed by atoms with Crippen LogP contribution >= 0.6 is 11.6 Å². The third-order valence-electron chi connectivity index (χ3n) is 2.38. The molecule has 2 rings (SSSR count). The van der Waals surface area contributed by atoms with Crippen LogP contribution in [0.1, 0.15) is 6.92 Å². The molecule has 1 unspecified atom stereocenters. The molecule has 1 aromatic rings. The molecular weight excluding hydrogens is 244 g/mol. The maximum Gasteiger partial charge on any atom is 0.203 e. The number of carbonyl (C=O) groups excluding carboxylic acids is 1. The number of ketones is 1. The van der Waals surface area contributed by atoms with Crippen LogP contribution in [0.2, 0.25) is 0 Å². The molecule has 17 heavy (non-hydrogen) atoms. The number of carbonyl (C=O) groups is 1. The summed E-state index contributed by atoms with van der Waals surface area (Å²) in [5, 5.41) is 0. The van der Waals surface area contributed by atoms with Crippen LogP contribution in [0.4, 0.5) is 0 Å². The molecule has 5 heteroatoms. The Balaban J connectivity index is 2.19. The van der Waals surface area contributed by atoms with Gasteiger partial charge in [-0.25, -0.2) is 0 Å². The molecule has 1 aliphatic rings. The van der Waals surface area contributed by atoms with E-state index in [0.29, 0.717) is 29.7 Å². The van der Waals surface area contributed by atoms with Gasteiger partial charge in [-0.15, -0.1) is 11.6 Å². The number of hydrogen-bond acceptors (Lipinski definition) is 4. The van der Waals surface area contributed by atoms with Gasteiger partial charge in [-0.3, -0.25) is 4.79 Å². The average Bonchev–Trinajstić information content (AvgIpc) is 2.35. The first-order valence-electron chi connectivity index (χ1n) is 5.34. The highest BCUT2D eigenvalue weighted by molar-refractivity contribution is 6.18. The summed E-state index contributed by atoms with van der Waals surface area (Å²) in [4.78, 5) is 11.2. The number of ether oxygens (including phenoxy) is 3. The lowest BCUT2D eigenvalue weighted by molar-refractivity contribution is -0.125. The molecule has 0 bridgehead atoms. The first-order chi connectivity index (χ1) is 8.22. The smallest absolute Gasteiger partial charge is 0.203 e. The topological polar surface area (TPSA) is 44.8 Å². The summed E-state index contributed by atoms with van der Waals surface area (Å²) in [5.74, 6) is 2.01. The molecular formula is C12H13ClO4. The number of fused-ring (bicyclic) bond motifs is 1. The second kappa shape index (κ2) is 5.27. The normalized spacial score (nSPS) is 17.6. The number of Topliss-reactive ketones (excluding diaryl/α,β-unsaturated/α-hetero) is 1. The summed E-state index contributed by atoms with van der Waals surface area (Å²) in [6.45, 7) is 2.09. The van der Waals surface area contributed by atoms with Crippen molar-refractivity contribution in [2.75, 3.05) is 19.1 Å². The third kappa shape index (κ3) is 2.64. The molecule has 0 amide bonds. The summed E-state index contributed by atoms with van der Waals surface area (Å²) < 4.78 is 16.5. The first kappa shape index (κ1) is 12.0. The molecule has 0 aromatic heterocycles. The highest BCUT2D eigenvalue weighted by Gasteiger charge is 2.26. The molecule has 0 fully saturated rings. The van der Waals surface area contributed by atoms with E-state index in [9.17, 15) is 4.79 Å². The maximum atomic E-state index is 11.2. The number of para-hydroxylation sites is 1. The quantitative estimate of drug-likeness (QED) is 0.774. The minimum Gasteiger partial charge on any atom is -0.488 e. The summed E-state index contributed by atoms with van der Waals surface area (Å²) >= 11 is 5.56. The van der Waals surface area contributed by atoms with E-state index in [4.69, 9.17) is 25.8 Å². The van der Waals surface area contributed by atoms with Gasteiger partial charge < -0.3 is 14.2 Å². The van der Waals surface area contributed by atoms with Crippen molar-refractivity contribution in [3.05, 3.63) is 18.2 Å². The monoisotopic (exact) mass is 256 g/mol. The molecule has 1 atom stereocenters. The van der Waals surface area contributed by atoms with Crippen molar-refractivity contribution < 1.29 is 19.0 Å². The van der Waals surface area contributed by atoms with E-state index in [2.05, 4.69) is 0 Å². The van der Waals surface area contributed by atoms with Gasteiger partial charge in [0.2, 0.25) is 5.75 Å². The van der Waals surface area contributed by atoms with Gasteiger partial charge in [0, 0.05) is 0 Å². The third-order valence-corrected chi connectivity index (χ3v) is 2.53. The predicted octanol–water partition coefficient (Wildman–Crippen LogP) is 2.03. The fraction of sp³-hybridized carbons (Fsp3) is 0.417. The zero-order valence-electron chi connectivity index (χ0n) is 9.44. The number of rotatable bonds is 4. The van der Waals surface area contributed by atoms with Gasteiger partial charge >= 0.3 is 0 Å². The van der Waals surface area contributed by atoms with Crippen molar-refractivity contribution in [1.29, 1.82) is 0 Å². The average molecular weight is 257 g/mol. The Labute approximate surface area is 104 Å². The SMILES string of the molecule is CC(=O)C1COc2c(OCCCl)cccc2O1. The Morgan fingerprint density at radius 1 is 1.59 bits per heavy atom. The lowest BCUT2D eigenvalue weighted by Gasteiger charge is -2.26. The summed E-state index contributed by atoms with van der Waals surface area (Å²) in [7, 11) is 0. The Morgan fingerprint density at radius 3 is 3.12 bits per heavy atom. The van der Waals surface area contributed by atoms with E-state index in [1.54, 1.807) is 18.2 Å². The molecule has 1 aromatic carbocycles. The van der Waals surface area contributed by atoms with Crippen LogP contribution in [-0.2, 0) is 4.79 Å². The fourth-order valence-corrected chi connectivity index (χ4v) is 1.62. The van der Waals surface area contributed by atoms with E-state index in [0.717, 1.165) is 0 Å². The first-order valence-corrected chi connectivity index (χ1v) is 5.87. The predicted molar refractivity (Wildman–Crippen MR) is 63.2 cm³/mol. The Bertz CT molecular complexity index is 419. The highest BCUT2D eigenvalue weighted by Crippen LogP contribution is 2.40. The molecule has 0 saturated heterocycles. The molecule has 0 radical (unpaired) electrons. The van der Waals surface area contributed by atoms with Crippen LogP contribution in [0.3, 0.4) is 0 Å². The van der Waals surface area contributed by atoms with Gasteiger partial charge in [0.25, 0.3) is 0 Å². The summed E-state index contributed by atoms with van der Waals surface area (Å²) in [6, 6.07) is 5.31. The van der Waals surface area contributed by atoms with Gasteiger partial charge in [0.15, 0.2) is 23.4 Å². The van der Waals surface area contributed by atoms with Crippen molar-refractivity contribution in [2.24, 2.45) is 0 Å². The standard InChI is InChI=1S/C12H13ClO4/c1-8(14)11-7-16-12-9(15-6-5-13)3-2-4-10(12)17-11/h2-4,11H,5-7H2,1H3. The van der Waals surface area contributed by atoms with E-state index >= 15 is 0 Å². The largest absolute Gasteiger partial charge is 0.488 e. The van der Waals surface area contributed by atoms with Gasteiger partial charge in [0.05, 0.1) is 5.88 Å². The molecule has 0 saturated carbocycles. The van der Waals surface area contributed by atoms with Crippen molar-refractivity contribution in [1.82, 2.24) is 0 Å². The number of halogens is 1. The van der Waals surface area contributed by atoms with Crippen molar-refractivity contribution >= 4 is 17.4 Å². The summed E-state index contributed by atoms with van der Waals surface area (Å²) in [5.41, 5.74) is 0. The number of hydrogen-bond donors (Lipinski definition) is 0. The lowest BCUT2D eigenvalue weighted by Crippen LogP contribution is -2.35. The van der Waals surface area contributed by atoms with Crippen molar-refractivity contribution in [3.8, 4) is 17.2 Å². The van der Waals surface area contributed by atoms with E-state index in [-0.39, 0.29) is 12.4 Å². The van der Waals surface area contributed by atoms with Crippen molar-refractivity contribution in [2.45, 2.75) is 13.0 Å². The van der Waals surface area contributed by atoms with E-state index < -0.39 is 6.10 Å². The van der Waals surface area contributed by atoms with Crippen LogP contribution in [0, 0.1) is 0 Å². The highest BCUT2D eigenvalue weighted by atomic mass is 35.5.